The van der Waals surface area contributed by atoms with E-state index >= 15 is 0 Å². The number of carboxylic acids is 1. The van der Waals surface area contributed by atoms with Gasteiger partial charge in [0.1, 0.15) is 5.82 Å². The van der Waals surface area contributed by atoms with Crippen molar-refractivity contribution in [2.45, 2.75) is 23.9 Å². The fourth-order valence-corrected chi connectivity index (χ4v) is 4.40. The summed E-state index contributed by atoms with van der Waals surface area (Å²) in [7, 11) is -4.14. The summed E-state index contributed by atoms with van der Waals surface area (Å²) >= 11 is 0. The molecule has 1 aliphatic rings. The first-order valence-corrected chi connectivity index (χ1v) is 9.25. The predicted octanol–water partition coefficient (Wildman–Crippen LogP) is 1.92. The van der Waals surface area contributed by atoms with Gasteiger partial charge in [-0.25, -0.2) is 12.8 Å². The highest BCUT2D eigenvalue weighted by molar-refractivity contribution is 7.89. The summed E-state index contributed by atoms with van der Waals surface area (Å²) in [5, 5.41) is 11.3. The monoisotopic (exact) mass is 398 g/mol. The molecule has 0 radical (unpaired) electrons. The van der Waals surface area contributed by atoms with Crippen LogP contribution in [0.15, 0.2) is 23.1 Å². The topological polar surface area (TPSA) is 86.7 Å². The minimum Gasteiger partial charge on any atom is -0.480 e. The van der Waals surface area contributed by atoms with Crippen LogP contribution in [0.4, 0.5) is 17.6 Å². The van der Waals surface area contributed by atoms with E-state index in [1.165, 1.54) is 0 Å². The maximum atomic E-state index is 13.7. The SMILES string of the molecule is O=C(O)CNCC1CCCN(S(=O)(=O)c2ccc(C(F)(F)F)c(F)c2)C1. The number of alkyl halides is 3. The molecule has 1 aromatic rings. The molecule has 146 valence electrons. The number of halogens is 4. The number of sulfonamides is 1. The van der Waals surface area contributed by atoms with Gasteiger partial charge in [-0.2, -0.15) is 17.5 Å². The third-order valence-corrected chi connectivity index (χ3v) is 5.94. The summed E-state index contributed by atoms with van der Waals surface area (Å²) in [5.41, 5.74) is -1.52. The Morgan fingerprint density at radius 1 is 1.35 bits per heavy atom. The van der Waals surface area contributed by atoms with Crippen LogP contribution in [0.2, 0.25) is 0 Å². The summed E-state index contributed by atoms with van der Waals surface area (Å²) < 4.78 is 77.8. The number of aliphatic carboxylic acids is 1. The van der Waals surface area contributed by atoms with Gasteiger partial charge >= 0.3 is 12.1 Å². The molecule has 1 unspecified atom stereocenters. The first kappa shape index (κ1) is 20.6. The van der Waals surface area contributed by atoms with Gasteiger partial charge in [-0.3, -0.25) is 4.79 Å². The zero-order valence-corrected chi connectivity index (χ0v) is 14.4. The lowest BCUT2D eigenvalue weighted by Gasteiger charge is -2.32. The predicted molar refractivity (Wildman–Crippen MR) is 83.4 cm³/mol. The molecule has 0 bridgehead atoms. The Morgan fingerprint density at radius 2 is 2.04 bits per heavy atom. The van der Waals surface area contributed by atoms with Gasteiger partial charge in [-0.1, -0.05) is 0 Å². The zero-order chi connectivity index (χ0) is 19.5. The van der Waals surface area contributed by atoms with Gasteiger partial charge in [0.25, 0.3) is 0 Å². The number of benzene rings is 1. The molecular formula is C15H18F4N2O4S. The molecule has 1 fully saturated rings. The summed E-state index contributed by atoms with van der Waals surface area (Å²) in [6, 6.07) is 1.54. The molecule has 1 saturated heterocycles. The first-order chi connectivity index (χ1) is 12.0. The molecule has 2 rings (SSSR count). The van der Waals surface area contributed by atoms with Crippen LogP contribution >= 0.6 is 0 Å². The molecule has 0 saturated carbocycles. The molecule has 0 spiro atoms. The Hall–Kier alpha value is -1.72. The zero-order valence-electron chi connectivity index (χ0n) is 13.6. The van der Waals surface area contributed by atoms with E-state index in [0.717, 1.165) is 10.4 Å². The summed E-state index contributed by atoms with van der Waals surface area (Å²) in [5.74, 6) is -2.82. The van der Waals surface area contributed by atoms with Crippen LogP contribution in [0, 0.1) is 11.7 Å². The second-order valence-corrected chi connectivity index (χ2v) is 7.97. The van der Waals surface area contributed by atoms with Crippen LogP contribution in [0.25, 0.3) is 0 Å². The second kappa shape index (κ2) is 7.89. The van der Waals surface area contributed by atoms with Crippen LogP contribution in [0.3, 0.4) is 0 Å². The van der Waals surface area contributed by atoms with Gasteiger partial charge in [0.05, 0.1) is 17.0 Å². The average molecular weight is 398 g/mol. The van der Waals surface area contributed by atoms with Gasteiger partial charge in [0.15, 0.2) is 0 Å². The van der Waals surface area contributed by atoms with E-state index in [1.54, 1.807) is 0 Å². The van der Waals surface area contributed by atoms with Crippen LogP contribution in [0.1, 0.15) is 18.4 Å². The number of carbonyl (C=O) groups is 1. The van der Waals surface area contributed by atoms with E-state index in [1.807, 2.05) is 0 Å². The Balaban J connectivity index is 2.14. The quantitative estimate of drug-likeness (QED) is 0.715. The van der Waals surface area contributed by atoms with Crippen LogP contribution in [-0.2, 0) is 21.0 Å². The van der Waals surface area contributed by atoms with Gasteiger partial charge in [-0.15, -0.1) is 0 Å². The van der Waals surface area contributed by atoms with E-state index in [2.05, 4.69) is 5.32 Å². The van der Waals surface area contributed by atoms with Crippen molar-refractivity contribution in [3.8, 4) is 0 Å². The molecule has 1 aliphatic heterocycles. The van der Waals surface area contributed by atoms with E-state index in [0.29, 0.717) is 31.5 Å². The highest BCUT2D eigenvalue weighted by Gasteiger charge is 2.36. The van der Waals surface area contributed by atoms with E-state index in [9.17, 15) is 30.8 Å². The van der Waals surface area contributed by atoms with Crippen LogP contribution < -0.4 is 5.32 Å². The number of hydrogen-bond donors (Lipinski definition) is 2. The molecule has 0 aromatic heterocycles. The number of rotatable bonds is 6. The molecule has 1 atom stereocenters. The van der Waals surface area contributed by atoms with Crippen molar-refractivity contribution in [3.63, 3.8) is 0 Å². The minimum atomic E-state index is -4.90. The maximum Gasteiger partial charge on any atom is 0.419 e. The van der Waals surface area contributed by atoms with Crippen molar-refractivity contribution in [3.05, 3.63) is 29.6 Å². The number of carboxylic acid groups (broad SMARTS) is 1. The number of nitrogens with one attached hydrogen (secondary N) is 1. The van der Waals surface area contributed by atoms with E-state index < -0.39 is 38.4 Å². The maximum absolute atomic E-state index is 13.7. The van der Waals surface area contributed by atoms with Gasteiger partial charge in [0.2, 0.25) is 10.0 Å². The molecule has 1 aromatic carbocycles. The standard InChI is InChI=1S/C15H18F4N2O4S/c16-13-6-11(3-4-12(13)15(17,18)19)26(24,25)21-5-1-2-10(9-21)7-20-8-14(22)23/h3-4,6,10,20H,1-2,5,7-9H2,(H,22,23). The lowest BCUT2D eigenvalue weighted by atomic mass is 10.00. The summed E-state index contributed by atoms with van der Waals surface area (Å²) in [6.07, 6.45) is -3.71. The average Bonchev–Trinajstić information content (AvgIpc) is 2.53. The third kappa shape index (κ3) is 4.92. The fraction of sp³-hybridized carbons (Fsp3) is 0.533. The Bertz CT molecular complexity index is 767. The largest absolute Gasteiger partial charge is 0.480 e. The molecule has 11 heteroatoms. The summed E-state index contributed by atoms with van der Waals surface area (Å²) in [6.45, 7) is 0.283. The molecule has 2 N–H and O–H groups in total. The van der Waals surface area contributed by atoms with Crippen molar-refractivity contribution >= 4 is 16.0 Å². The highest BCUT2D eigenvalue weighted by Crippen LogP contribution is 2.33. The Kier molecular flexibility index (Phi) is 6.25. The number of piperidine rings is 1. The molecule has 1 heterocycles. The van der Waals surface area contributed by atoms with Crippen LogP contribution in [-0.4, -0.2) is 50.0 Å². The number of nitrogens with zero attached hydrogens (tertiary/aromatic N) is 1. The second-order valence-electron chi connectivity index (χ2n) is 6.04. The van der Waals surface area contributed by atoms with Gasteiger partial charge in [0, 0.05) is 13.1 Å². The molecule has 0 amide bonds. The van der Waals surface area contributed by atoms with Crippen molar-refractivity contribution in [1.29, 1.82) is 0 Å². The van der Waals surface area contributed by atoms with Crippen molar-refractivity contribution < 1.29 is 35.9 Å². The Morgan fingerprint density at radius 3 is 2.62 bits per heavy atom. The van der Waals surface area contributed by atoms with Crippen molar-refractivity contribution in [2.24, 2.45) is 5.92 Å². The lowest BCUT2D eigenvalue weighted by molar-refractivity contribution is -0.140. The Labute approximate surface area is 147 Å². The molecular weight excluding hydrogens is 380 g/mol. The smallest absolute Gasteiger partial charge is 0.419 e. The molecule has 26 heavy (non-hydrogen) atoms. The highest BCUT2D eigenvalue weighted by atomic mass is 32.2. The molecule has 0 aliphatic carbocycles. The first-order valence-electron chi connectivity index (χ1n) is 7.81. The van der Waals surface area contributed by atoms with Crippen molar-refractivity contribution in [1.82, 2.24) is 9.62 Å². The normalized spacial score (nSPS) is 19.5. The van der Waals surface area contributed by atoms with Crippen molar-refractivity contribution in [2.75, 3.05) is 26.2 Å². The molecule has 6 nitrogen and oxygen atoms in total. The summed E-state index contributed by atoms with van der Waals surface area (Å²) in [4.78, 5) is 9.96. The minimum absolute atomic E-state index is 0.0809. The third-order valence-electron chi connectivity index (χ3n) is 4.07. The van der Waals surface area contributed by atoms with E-state index in [4.69, 9.17) is 5.11 Å². The van der Waals surface area contributed by atoms with Gasteiger partial charge < -0.3 is 10.4 Å². The van der Waals surface area contributed by atoms with Gasteiger partial charge in [-0.05, 0) is 43.5 Å². The number of hydrogen-bond acceptors (Lipinski definition) is 4. The fourth-order valence-electron chi connectivity index (χ4n) is 2.83. The lowest BCUT2D eigenvalue weighted by Crippen LogP contribution is -2.43. The van der Waals surface area contributed by atoms with E-state index in [-0.39, 0.29) is 25.6 Å². The van der Waals surface area contributed by atoms with Crippen LogP contribution in [0.5, 0.6) is 0 Å².